The SMILES string of the molecule is CC(=O)N1CCC(CC2CNNC2c2ccc3c(c2)CCC(=O)N3C)CC1. The largest absolute Gasteiger partial charge is 0.343 e. The molecular formula is C21H30N4O2. The van der Waals surface area contributed by atoms with Crippen LogP contribution in [0.2, 0.25) is 0 Å². The Bertz CT molecular complexity index is 727. The predicted octanol–water partition coefficient (Wildman–Crippen LogP) is 2.01. The zero-order chi connectivity index (χ0) is 19.0. The summed E-state index contributed by atoms with van der Waals surface area (Å²) in [6.45, 7) is 4.45. The van der Waals surface area contributed by atoms with Crippen LogP contribution in [0, 0.1) is 11.8 Å². The second-order valence-corrected chi connectivity index (χ2v) is 8.29. The molecule has 3 aliphatic rings. The minimum atomic E-state index is 0.200. The molecule has 3 aliphatic heterocycles. The number of amides is 2. The van der Waals surface area contributed by atoms with Gasteiger partial charge in [-0.3, -0.25) is 15.0 Å². The summed E-state index contributed by atoms with van der Waals surface area (Å²) in [6, 6.07) is 6.87. The van der Waals surface area contributed by atoms with E-state index in [0.29, 0.717) is 24.3 Å². The van der Waals surface area contributed by atoms with Gasteiger partial charge in [0.15, 0.2) is 0 Å². The fourth-order valence-electron chi connectivity index (χ4n) is 4.89. The summed E-state index contributed by atoms with van der Waals surface area (Å²) in [6.07, 6.45) is 4.84. The van der Waals surface area contributed by atoms with Crippen molar-refractivity contribution in [2.75, 3.05) is 31.6 Å². The molecule has 0 radical (unpaired) electrons. The minimum absolute atomic E-state index is 0.200. The molecule has 0 aromatic heterocycles. The van der Waals surface area contributed by atoms with Gasteiger partial charge in [0.1, 0.15) is 0 Å². The van der Waals surface area contributed by atoms with Crippen molar-refractivity contribution in [3.8, 4) is 0 Å². The van der Waals surface area contributed by atoms with Crippen LogP contribution in [0.5, 0.6) is 0 Å². The first kappa shape index (κ1) is 18.4. The molecule has 3 heterocycles. The van der Waals surface area contributed by atoms with Gasteiger partial charge in [-0.05, 0) is 54.7 Å². The Balaban J connectivity index is 1.43. The van der Waals surface area contributed by atoms with E-state index in [0.717, 1.165) is 44.6 Å². The normalized spacial score (nSPS) is 26.4. The minimum Gasteiger partial charge on any atom is -0.343 e. The summed E-state index contributed by atoms with van der Waals surface area (Å²) in [5.41, 5.74) is 10.5. The van der Waals surface area contributed by atoms with Gasteiger partial charge in [-0.2, -0.15) is 0 Å². The molecule has 0 saturated carbocycles. The third-order valence-corrected chi connectivity index (χ3v) is 6.60. The molecule has 2 N–H and O–H groups in total. The lowest BCUT2D eigenvalue weighted by molar-refractivity contribution is -0.130. The van der Waals surface area contributed by atoms with Crippen LogP contribution in [0.25, 0.3) is 0 Å². The first-order chi connectivity index (χ1) is 13.0. The average Bonchev–Trinajstić information content (AvgIpc) is 3.13. The Morgan fingerprint density at radius 1 is 1.22 bits per heavy atom. The number of carbonyl (C=O) groups excluding carboxylic acids is 2. The van der Waals surface area contributed by atoms with Crippen LogP contribution in [-0.4, -0.2) is 43.4 Å². The van der Waals surface area contributed by atoms with Crippen LogP contribution in [0.1, 0.15) is 49.8 Å². The van der Waals surface area contributed by atoms with Gasteiger partial charge in [-0.25, -0.2) is 5.43 Å². The van der Waals surface area contributed by atoms with E-state index in [1.165, 1.54) is 17.5 Å². The Morgan fingerprint density at radius 3 is 2.74 bits per heavy atom. The lowest BCUT2D eigenvalue weighted by Crippen LogP contribution is -2.37. The Morgan fingerprint density at radius 2 is 2.00 bits per heavy atom. The molecule has 2 atom stereocenters. The van der Waals surface area contributed by atoms with Gasteiger partial charge in [-0.15, -0.1) is 0 Å². The fraction of sp³-hybridized carbons (Fsp3) is 0.619. The number of aryl methyl sites for hydroxylation is 1. The molecule has 2 amide bonds. The number of piperidine rings is 1. The van der Waals surface area contributed by atoms with Crippen molar-refractivity contribution in [3.05, 3.63) is 29.3 Å². The Kier molecular flexibility index (Phi) is 5.19. The second kappa shape index (κ2) is 7.60. The lowest BCUT2D eigenvalue weighted by atomic mass is 9.82. The summed E-state index contributed by atoms with van der Waals surface area (Å²) < 4.78 is 0. The predicted molar refractivity (Wildman–Crippen MR) is 105 cm³/mol. The maximum Gasteiger partial charge on any atom is 0.227 e. The van der Waals surface area contributed by atoms with Crippen LogP contribution in [0.4, 0.5) is 5.69 Å². The van der Waals surface area contributed by atoms with Crippen LogP contribution in [0.15, 0.2) is 18.2 Å². The number of fused-ring (bicyclic) bond motifs is 1. The van der Waals surface area contributed by atoms with E-state index in [4.69, 9.17) is 0 Å². The number of nitrogens with one attached hydrogen (secondary N) is 2. The van der Waals surface area contributed by atoms with Crippen LogP contribution in [0.3, 0.4) is 0 Å². The van der Waals surface area contributed by atoms with Gasteiger partial charge in [0.2, 0.25) is 11.8 Å². The number of hydrazine groups is 1. The van der Waals surface area contributed by atoms with Crippen molar-refractivity contribution >= 4 is 17.5 Å². The van der Waals surface area contributed by atoms with Crippen molar-refractivity contribution in [2.45, 2.75) is 45.1 Å². The van der Waals surface area contributed by atoms with E-state index in [1.807, 2.05) is 11.9 Å². The monoisotopic (exact) mass is 370 g/mol. The van der Waals surface area contributed by atoms with Crippen molar-refractivity contribution in [2.24, 2.45) is 11.8 Å². The van der Waals surface area contributed by atoms with E-state index in [2.05, 4.69) is 29.1 Å². The highest BCUT2D eigenvalue weighted by atomic mass is 16.2. The molecule has 4 rings (SSSR count). The number of nitrogens with zero attached hydrogens (tertiary/aromatic N) is 2. The van der Waals surface area contributed by atoms with Crippen molar-refractivity contribution in [1.82, 2.24) is 15.8 Å². The summed E-state index contributed by atoms with van der Waals surface area (Å²) in [7, 11) is 1.87. The van der Waals surface area contributed by atoms with Crippen molar-refractivity contribution in [1.29, 1.82) is 0 Å². The summed E-state index contributed by atoms with van der Waals surface area (Å²) in [5.74, 6) is 1.65. The highest BCUT2D eigenvalue weighted by Crippen LogP contribution is 2.36. The lowest BCUT2D eigenvalue weighted by Gasteiger charge is -2.33. The maximum absolute atomic E-state index is 11.9. The van der Waals surface area contributed by atoms with Gasteiger partial charge >= 0.3 is 0 Å². The highest BCUT2D eigenvalue weighted by Gasteiger charge is 2.33. The topological polar surface area (TPSA) is 64.7 Å². The van der Waals surface area contributed by atoms with Crippen molar-refractivity contribution in [3.63, 3.8) is 0 Å². The molecule has 1 aromatic rings. The van der Waals surface area contributed by atoms with Gasteiger partial charge in [0.05, 0.1) is 6.04 Å². The number of hydrogen-bond acceptors (Lipinski definition) is 4. The number of anilines is 1. The van der Waals surface area contributed by atoms with Crippen LogP contribution in [-0.2, 0) is 16.0 Å². The third-order valence-electron chi connectivity index (χ3n) is 6.60. The number of likely N-dealkylation sites (tertiary alicyclic amines) is 1. The Labute approximate surface area is 161 Å². The summed E-state index contributed by atoms with van der Waals surface area (Å²) in [4.78, 5) is 27.2. The molecule has 6 heteroatoms. The zero-order valence-corrected chi connectivity index (χ0v) is 16.3. The fourth-order valence-corrected chi connectivity index (χ4v) is 4.89. The molecule has 0 bridgehead atoms. The first-order valence-corrected chi connectivity index (χ1v) is 10.2. The van der Waals surface area contributed by atoms with Crippen LogP contribution < -0.4 is 15.8 Å². The number of benzene rings is 1. The molecular weight excluding hydrogens is 340 g/mol. The molecule has 2 saturated heterocycles. The average molecular weight is 370 g/mol. The van der Waals surface area contributed by atoms with E-state index >= 15 is 0 Å². The van der Waals surface area contributed by atoms with Gasteiger partial charge < -0.3 is 9.80 Å². The molecule has 0 spiro atoms. The number of carbonyl (C=O) groups is 2. The van der Waals surface area contributed by atoms with Gasteiger partial charge in [-0.1, -0.05) is 12.1 Å². The molecule has 146 valence electrons. The smallest absolute Gasteiger partial charge is 0.227 e. The van der Waals surface area contributed by atoms with Gasteiger partial charge in [0.25, 0.3) is 0 Å². The van der Waals surface area contributed by atoms with E-state index < -0.39 is 0 Å². The quantitative estimate of drug-likeness (QED) is 0.854. The standard InChI is InChI=1S/C21H30N4O2/c1-14(26)25-9-7-15(8-10-25)11-18-13-22-23-21(18)17-3-5-19-16(12-17)4-6-20(27)24(19)2/h3,5,12,15,18,21-23H,4,6-11,13H2,1-2H3. The van der Waals surface area contributed by atoms with E-state index in [1.54, 1.807) is 11.8 Å². The van der Waals surface area contributed by atoms with E-state index in [-0.39, 0.29) is 11.8 Å². The second-order valence-electron chi connectivity index (χ2n) is 8.29. The number of rotatable bonds is 3. The van der Waals surface area contributed by atoms with Gasteiger partial charge in [0, 0.05) is 45.7 Å². The molecule has 6 nitrogen and oxygen atoms in total. The zero-order valence-electron chi connectivity index (χ0n) is 16.3. The van der Waals surface area contributed by atoms with Crippen LogP contribution >= 0.6 is 0 Å². The maximum atomic E-state index is 11.9. The molecule has 0 aliphatic carbocycles. The molecule has 2 fully saturated rings. The third kappa shape index (κ3) is 3.73. The number of hydrogen-bond donors (Lipinski definition) is 2. The van der Waals surface area contributed by atoms with E-state index in [9.17, 15) is 9.59 Å². The van der Waals surface area contributed by atoms with Crippen molar-refractivity contribution < 1.29 is 9.59 Å². The molecule has 27 heavy (non-hydrogen) atoms. The highest BCUT2D eigenvalue weighted by molar-refractivity contribution is 5.95. The molecule has 2 unspecified atom stereocenters. The summed E-state index contributed by atoms with van der Waals surface area (Å²) in [5, 5.41) is 0. The molecule has 1 aromatic carbocycles. The first-order valence-electron chi connectivity index (χ1n) is 10.2. The Hall–Kier alpha value is -1.92. The summed E-state index contributed by atoms with van der Waals surface area (Å²) >= 11 is 0.